The van der Waals surface area contributed by atoms with E-state index in [0.717, 1.165) is 13.1 Å². The zero-order chi connectivity index (χ0) is 13.1. The second kappa shape index (κ2) is 6.10. The third-order valence-electron chi connectivity index (χ3n) is 3.85. The van der Waals surface area contributed by atoms with Gasteiger partial charge in [-0.1, -0.05) is 6.42 Å². The van der Waals surface area contributed by atoms with Crippen molar-refractivity contribution in [3.8, 4) is 0 Å². The number of thiol groups is 1. The van der Waals surface area contributed by atoms with Gasteiger partial charge in [-0.3, -0.25) is 11.1 Å². The lowest BCUT2D eigenvalue weighted by molar-refractivity contribution is 0.0746. The van der Waals surface area contributed by atoms with Gasteiger partial charge in [0.1, 0.15) is 5.50 Å². The number of rotatable bonds is 4. The SMILES string of the molecule is COC(N)NC(S)NC(=O)N1CC2CCCC2C1. The van der Waals surface area contributed by atoms with Crippen molar-refractivity contribution in [2.24, 2.45) is 17.6 Å². The lowest BCUT2D eigenvalue weighted by atomic mass is 10.0. The number of amides is 2. The number of nitrogens with one attached hydrogen (secondary N) is 2. The van der Waals surface area contributed by atoms with Crippen LogP contribution in [0.2, 0.25) is 0 Å². The fourth-order valence-electron chi connectivity index (χ4n) is 2.87. The Bertz CT molecular complexity index is 293. The molecule has 1 aliphatic carbocycles. The standard InChI is InChI=1S/C11H22N4O2S/c1-17-9(12)13-10(18)14-11(16)15-5-7-3-2-4-8(7)6-15/h7-10,13,18H,2-6,12H2,1H3,(H,14,16). The maximum Gasteiger partial charge on any atom is 0.319 e. The summed E-state index contributed by atoms with van der Waals surface area (Å²) in [6.45, 7) is 1.74. The lowest BCUT2D eigenvalue weighted by Crippen LogP contribution is -2.53. The molecule has 2 fully saturated rings. The summed E-state index contributed by atoms with van der Waals surface area (Å²) in [6.07, 6.45) is 3.19. The van der Waals surface area contributed by atoms with Gasteiger partial charge in [0.25, 0.3) is 0 Å². The summed E-state index contributed by atoms with van der Waals surface area (Å²) in [7, 11) is 1.49. The van der Waals surface area contributed by atoms with Crippen molar-refractivity contribution in [2.45, 2.75) is 31.1 Å². The highest BCUT2D eigenvalue weighted by Gasteiger charge is 2.38. The lowest BCUT2D eigenvalue weighted by Gasteiger charge is -2.23. The number of ether oxygens (including phenoxy) is 1. The normalized spacial score (nSPS) is 30.1. The number of nitrogens with two attached hydrogens (primary N) is 1. The average Bonchev–Trinajstić information content (AvgIpc) is 2.88. The smallest absolute Gasteiger partial charge is 0.319 e. The minimum atomic E-state index is -0.634. The van der Waals surface area contributed by atoms with Crippen LogP contribution in [0.1, 0.15) is 19.3 Å². The highest BCUT2D eigenvalue weighted by atomic mass is 32.1. The number of methoxy groups -OCH3 is 1. The van der Waals surface area contributed by atoms with Crippen molar-refractivity contribution in [1.82, 2.24) is 15.5 Å². The largest absolute Gasteiger partial charge is 0.353 e. The van der Waals surface area contributed by atoms with Crippen LogP contribution in [-0.2, 0) is 4.74 Å². The Morgan fingerprint density at radius 3 is 2.61 bits per heavy atom. The average molecular weight is 274 g/mol. The van der Waals surface area contributed by atoms with E-state index < -0.39 is 11.8 Å². The van der Waals surface area contributed by atoms with E-state index in [-0.39, 0.29) is 6.03 Å². The van der Waals surface area contributed by atoms with Crippen LogP contribution >= 0.6 is 12.6 Å². The van der Waals surface area contributed by atoms with Gasteiger partial charge >= 0.3 is 6.03 Å². The highest BCUT2D eigenvalue weighted by Crippen LogP contribution is 2.37. The number of hydrogen-bond donors (Lipinski definition) is 4. The van der Waals surface area contributed by atoms with E-state index in [1.54, 1.807) is 0 Å². The maximum absolute atomic E-state index is 12.0. The molecule has 4 unspecified atom stereocenters. The van der Waals surface area contributed by atoms with E-state index in [0.29, 0.717) is 11.8 Å². The van der Waals surface area contributed by atoms with Crippen molar-refractivity contribution in [1.29, 1.82) is 0 Å². The van der Waals surface area contributed by atoms with E-state index in [4.69, 9.17) is 10.5 Å². The van der Waals surface area contributed by atoms with Gasteiger partial charge in [-0.2, -0.15) is 0 Å². The molecule has 2 aliphatic rings. The predicted octanol–water partition coefficient (Wildman–Crippen LogP) is 0.120. The molecule has 2 rings (SSSR count). The first kappa shape index (κ1) is 13.9. The summed E-state index contributed by atoms with van der Waals surface area (Å²) in [4.78, 5) is 13.9. The van der Waals surface area contributed by atoms with Gasteiger partial charge in [0.15, 0.2) is 6.35 Å². The first-order chi connectivity index (χ1) is 8.60. The number of urea groups is 1. The molecule has 1 aliphatic heterocycles. The second-order valence-electron chi connectivity index (χ2n) is 5.03. The number of nitrogens with zero attached hydrogens (tertiary/aromatic N) is 1. The molecule has 0 aromatic rings. The molecule has 0 aromatic carbocycles. The van der Waals surface area contributed by atoms with Crippen LogP contribution in [0.5, 0.6) is 0 Å². The summed E-state index contributed by atoms with van der Waals surface area (Å²) < 4.78 is 4.84. The van der Waals surface area contributed by atoms with Gasteiger partial charge in [0.2, 0.25) is 0 Å². The zero-order valence-electron chi connectivity index (χ0n) is 10.6. The number of carbonyl (C=O) groups excluding carboxylic acids is 1. The summed E-state index contributed by atoms with van der Waals surface area (Å²) >= 11 is 4.21. The van der Waals surface area contributed by atoms with Gasteiger partial charge in [-0.25, -0.2) is 4.79 Å². The number of hydrogen-bond acceptors (Lipinski definition) is 5. The Kier molecular flexibility index (Phi) is 4.71. The number of likely N-dealkylation sites (tertiary alicyclic amines) is 1. The zero-order valence-corrected chi connectivity index (χ0v) is 11.5. The van der Waals surface area contributed by atoms with Gasteiger partial charge in [0.05, 0.1) is 0 Å². The molecule has 0 bridgehead atoms. The van der Waals surface area contributed by atoms with Crippen LogP contribution in [0.25, 0.3) is 0 Å². The van der Waals surface area contributed by atoms with E-state index >= 15 is 0 Å². The fraction of sp³-hybridized carbons (Fsp3) is 0.909. The molecule has 104 valence electrons. The first-order valence-corrected chi connectivity index (χ1v) is 6.89. The molecular weight excluding hydrogens is 252 g/mol. The van der Waals surface area contributed by atoms with E-state index in [1.807, 2.05) is 4.90 Å². The third-order valence-corrected chi connectivity index (χ3v) is 4.13. The summed E-state index contributed by atoms with van der Waals surface area (Å²) in [6, 6.07) is -0.0831. The Balaban J connectivity index is 1.75. The topological polar surface area (TPSA) is 79.6 Å². The van der Waals surface area contributed by atoms with Gasteiger partial charge in [-0.05, 0) is 24.7 Å². The van der Waals surface area contributed by atoms with Crippen LogP contribution in [0.4, 0.5) is 4.79 Å². The highest BCUT2D eigenvalue weighted by molar-refractivity contribution is 7.80. The first-order valence-electron chi connectivity index (χ1n) is 6.38. The van der Waals surface area contributed by atoms with Crippen LogP contribution in [-0.4, -0.2) is 43.0 Å². The van der Waals surface area contributed by atoms with Gasteiger partial charge in [0, 0.05) is 20.2 Å². The monoisotopic (exact) mass is 274 g/mol. The predicted molar refractivity (Wildman–Crippen MR) is 71.8 cm³/mol. The summed E-state index contributed by atoms with van der Waals surface area (Å²) in [5, 5.41) is 5.55. The van der Waals surface area contributed by atoms with Crippen molar-refractivity contribution in [3.63, 3.8) is 0 Å². The van der Waals surface area contributed by atoms with Crippen LogP contribution in [0.3, 0.4) is 0 Å². The number of carbonyl (C=O) groups is 1. The molecule has 4 N–H and O–H groups in total. The molecule has 0 spiro atoms. The molecular formula is C11H22N4O2S. The van der Waals surface area contributed by atoms with Crippen molar-refractivity contribution >= 4 is 18.7 Å². The van der Waals surface area contributed by atoms with E-state index in [9.17, 15) is 4.79 Å². The Labute approximate surface area is 113 Å². The molecule has 4 atom stereocenters. The third kappa shape index (κ3) is 3.28. The Morgan fingerprint density at radius 1 is 1.44 bits per heavy atom. The summed E-state index contributed by atoms with van der Waals surface area (Å²) in [5.41, 5.74) is 5.02. The van der Waals surface area contributed by atoms with Crippen LogP contribution < -0.4 is 16.4 Å². The van der Waals surface area contributed by atoms with Crippen LogP contribution in [0, 0.1) is 11.8 Å². The van der Waals surface area contributed by atoms with Gasteiger partial charge < -0.3 is 15.0 Å². The fourth-order valence-corrected chi connectivity index (χ4v) is 3.13. The molecule has 2 amide bonds. The second-order valence-corrected chi connectivity index (χ2v) is 5.55. The molecule has 0 radical (unpaired) electrons. The van der Waals surface area contributed by atoms with Crippen LogP contribution in [0.15, 0.2) is 0 Å². The van der Waals surface area contributed by atoms with Gasteiger partial charge in [-0.15, -0.1) is 12.6 Å². The quantitative estimate of drug-likeness (QED) is 0.434. The number of fused-ring (bicyclic) bond motifs is 1. The van der Waals surface area contributed by atoms with Crippen molar-refractivity contribution in [3.05, 3.63) is 0 Å². The molecule has 1 heterocycles. The summed E-state index contributed by atoms with van der Waals surface area (Å²) in [5.74, 6) is 1.40. The van der Waals surface area contributed by atoms with Crippen molar-refractivity contribution in [2.75, 3.05) is 20.2 Å². The minimum absolute atomic E-state index is 0.0831. The Morgan fingerprint density at radius 2 is 2.06 bits per heavy atom. The maximum atomic E-state index is 12.0. The van der Waals surface area contributed by atoms with E-state index in [1.165, 1.54) is 26.4 Å². The molecule has 0 aromatic heterocycles. The molecule has 1 saturated carbocycles. The minimum Gasteiger partial charge on any atom is -0.353 e. The van der Waals surface area contributed by atoms with E-state index in [2.05, 4.69) is 23.3 Å². The Hall–Kier alpha value is -0.500. The molecule has 1 saturated heterocycles. The molecule has 7 heteroatoms. The molecule has 6 nitrogen and oxygen atoms in total. The molecule has 18 heavy (non-hydrogen) atoms. The van der Waals surface area contributed by atoms with Crippen molar-refractivity contribution < 1.29 is 9.53 Å².